The van der Waals surface area contributed by atoms with E-state index in [2.05, 4.69) is 18.7 Å². The van der Waals surface area contributed by atoms with Gasteiger partial charge in [0.15, 0.2) is 0 Å². The zero-order chi connectivity index (χ0) is 11.0. The third-order valence-corrected chi connectivity index (χ3v) is 2.43. The van der Waals surface area contributed by atoms with Crippen molar-refractivity contribution in [3.63, 3.8) is 0 Å². The van der Waals surface area contributed by atoms with Crippen molar-refractivity contribution in [3.8, 4) is 0 Å². The first-order chi connectivity index (χ1) is 6.67. The minimum Gasteiger partial charge on any atom is -0.383 e. The van der Waals surface area contributed by atoms with Crippen molar-refractivity contribution in [2.24, 2.45) is 5.73 Å². The quantitative estimate of drug-likeness (QED) is 0.618. The predicted octanol–water partition coefficient (Wildman–Crippen LogP) is 0.317. The van der Waals surface area contributed by atoms with Gasteiger partial charge in [0.1, 0.15) is 0 Å². The number of rotatable bonds is 8. The molecule has 0 saturated heterocycles. The average Bonchev–Trinajstić information content (AvgIpc) is 2.18. The van der Waals surface area contributed by atoms with E-state index in [0.717, 1.165) is 19.8 Å². The molecule has 0 saturated carbocycles. The van der Waals surface area contributed by atoms with Crippen LogP contribution in [0.4, 0.5) is 0 Å². The summed E-state index contributed by atoms with van der Waals surface area (Å²) in [7, 11) is 3.43. The summed E-state index contributed by atoms with van der Waals surface area (Å²) in [5, 5.41) is 0. The Balaban J connectivity index is 4.07. The number of methoxy groups -OCH3 is 2. The normalized spacial score (nSPS) is 15.9. The van der Waals surface area contributed by atoms with Gasteiger partial charge in [0, 0.05) is 39.4 Å². The Morgan fingerprint density at radius 1 is 1.14 bits per heavy atom. The van der Waals surface area contributed by atoms with E-state index >= 15 is 0 Å². The van der Waals surface area contributed by atoms with Crippen molar-refractivity contribution < 1.29 is 9.47 Å². The first kappa shape index (κ1) is 13.8. The fourth-order valence-electron chi connectivity index (χ4n) is 1.54. The van der Waals surface area contributed by atoms with Crippen molar-refractivity contribution in [2.45, 2.75) is 25.9 Å². The van der Waals surface area contributed by atoms with Gasteiger partial charge in [-0.15, -0.1) is 0 Å². The first-order valence-electron chi connectivity index (χ1n) is 5.11. The van der Waals surface area contributed by atoms with E-state index in [-0.39, 0.29) is 0 Å². The molecule has 4 nitrogen and oxygen atoms in total. The van der Waals surface area contributed by atoms with Gasteiger partial charge in [-0.05, 0) is 13.8 Å². The van der Waals surface area contributed by atoms with Gasteiger partial charge in [-0.2, -0.15) is 0 Å². The largest absolute Gasteiger partial charge is 0.383 e. The molecule has 4 heteroatoms. The minimum atomic E-state index is 0.371. The van der Waals surface area contributed by atoms with Gasteiger partial charge in [-0.3, -0.25) is 4.90 Å². The highest BCUT2D eigenvalue weighted by atomic mass is 16.5. The Kier molecular flexibility index (Phi) is 8.08. The van der Waals surface area contributed by atoms with Gasteiger partial charge in [0.05, 0.1) is 13.2 Å². The van der Waals surface area contributed by atoms with Gasteiger partial charge >= 0.3 is 0 Å². The SMILES string of the molecule is COCCN(C(C)CN)C(C)COC. The van der Waals surface area contributed by atoms with Crippen LogP contribution >= 0.6 is 0 Å². The molecule has 0 radical (unpaired) electrons. The van der Waals surface area contributed by atoms with Crippen molar-refractivity contribution in [3.05, 3.63) is 0 Å². The zero-order valence-electron chi connectivity index (χ0n) is 9.82. The summed E-state index contributed by atoms with van der Waals surface area (Å²) >= 11 is 0. The lowest BCUT2D eigenvalue weighted by atomic mass is 10.2. The Labute approximate surface area is 87.4 Å². The maximum absolute atomic E-state index is 5.66. The molecule has 0 aromatic rings. The summed E-state index contributed by atoms with van der Waals surface area (Å²) in [6.07, 6.45) is 0. The van der Waals surface area contributed by atoms with E-state index in [0.29, 0.717) is 18.6 Å². The van der Waals surface area contributed by atoms with E-state index in [4.69, 9.17) is 15.2 Å². The summed E-state index contributed by atoms with van der Waals surface area (Å²) in [5.41, 5.74) is 5.66. The van der Waals surface area contributed by atoms with Crippen LogP contribution in [0.5, 0.6) is 0 Å². The first-order valence-corrected chi connectivity index (χ1v) is 5.11. The van der Waals surface area contributed by atoms with Gasteiger partial charge in [0.2, 0.25) is 0 Å². The molecule has 0 amide bonds. The smallest absolute Gasteiger partial charge is 0.0615 e. The highest BCUT2D eigenvalue weighted by molar-refractivity contribution is 4.73. The lowest BCUT2D eigenvalue weighted by Crippen LogP contribution is -2.47. The summed E-state index contributed by atoms with van der Waals surface area (Å²) < 4.78 is 10.2. The van der Waals surface area contributed by atoms with Gasteiger partial charge in [0.25, 0.3) is 0 Å². The molecule has 86 valence electrons. The third kappa shape index (κ3) is 4.91. The number of hydrogen-bond donors (Lipinski definition) is 1. The molecule has 0 aromatic carbocycles. The maximum Gasteiger partial charge on any atom is 0.0615 e. The molecule has 0 fully saturated rings. The minimum absolute atomic E-state index is 0.371. The number of hydrogen-bond acceptors (Lipinski definition) is 4. The molecule has 0 aromatic heterocycles. The molecule has 0 bridgehead atoms. The summed E-state index contributed by atoms with van der Waals surface area (Å²) in [5.74, 6) is 0. The molecule has 0 heterocycles. The molecule has 0 rings (SSSR count). The second-order valence-electron chi connectivity index (χ2n) is 3.62. The van der Waals surface area contributed by atoms with Crippen LogP contribution < -0.4 is 5.73 Å². The Morgan fingerprint density at radius 3 is 2.21 bits per heavy atom. The van der Waals surface area contributed by atoms with E-state index < -0.39 is 0 Å². The molecular formula is C10H24N2O2. The van der Waals surface area contributed by atoms with Gasteiger partial charge in [-0.25, -0.2) is 0 Å². The second kappa shape index (κ2) is 8.17. The lowest BCUT2D eigenvalue weighted by Gasteiger charge is -2.33. The van der Waals surface area contributed by atoms with E-state index in [9.17, 15) is 0 Å². The summed E-state index contributed by atoms with van der Waals surface area (Å²) in [6.45, 7) is 7.30. The third-order valence-electron chi connectivity index (χ3n) is 2.43. The summed E-state index contributed by atoms with van der Waals surface area (Å²) in [4.78, 5) is 2.31. The lowest BCUT2D eigenvalue weighted by molar-refractivity contribution is 0.0540. The molecule has 0 aliphatic rings. The molecule has 0 aliphatic heterocycles. The highest BCUT2D eigenvalue weighted by Crippen LogP contribution is 2.05. The van der Waals surface area contributed by atoms with Crippen molar-refractivity contribution in [1.82, 2.24) is 4.90 Å². The number of nitrogens with zero attached hydrogens (tertiary/aromatic N) is 1. The van der Waals surface area contributed by atoms with Crippen LogP contribution in [-0.4, -0.2) is 57.5 Å². The van der Waals surface area contributed by atoms with E-state index in [1.165, 1.54) is 0 Å². The fraction of sp³-hybridized carbons (Fsp3) is 1.00. The zero-order valence-corrected chi connectivity index (χ0v) is 9.82. The average molecular weight is 204 g/mol. The van der Waals surface area contributed by atoms with Crippen LogP contribution in [-0.2, 0) is 9.47 Å². The van der Waals surface area contributed by atoms with Crippen LogP contribution in [0.3, 0.4) is 0 Å². The van der Waals surface area contributed by atoms with Crippen molar-refractivity contribution >= 4 is 0 Å². The molecule has 2 N–H and O–H groups in total. The topological polar surface area (TPSA) is 47.7 Å². The Hall–Kier alpha value is -0.160. The molecule has 14 heavy (non-hydrogen) atoms. The van der Waals surface area contributed by atoms with Crippen LogP contribution in [0, 0.1) is 0 Å². The monoisotopic (exact) mass is 204 g/mol. The van der Waals surface area contributed by atoms with Crippen LogP contribution in [0.1, 0.15) is 13.8 Å². The van der Waals surface area contributed by atoms with Crippen LogP contribution in [0.25, 0.3) is 0 Å². The predicted molar refractivity (Wildman–Crippen MR) is 58.4 cm³/mol. The van der Waals surface area contributed by atoms with E-state index in [1.54, 1.807) is 14.2 Å². The number of nitrogens with two attached hydrogens (primary N) is 1. The van der Waals surface area contributed by atoms with Crippen molar-refractivity contribution in [2.75, 3.05) is 40.5 Å². The second-order valence-corrected chi connectivity index (χ2v) is 3.62. The molecular weight excluding hydrogens is 180 g/mol. The molecule has 2 atom stereocenters. The highest BCUT2D eigenvalue weighted by Gasteiger charge is 2.18. The molecule has 2 unspecified atom stereocenters. The standard InChI is InChI=1S/C10H24N2O2/c1-9(7-11)12(5-6-13-3)10(2)8-14-4/h9-10H,5-8,11H2,1-4H3. The van der Waals surface area contributed by atoms with Crippen LogP contribution in [0.2, 0.25) is 0 Å². The Bertz CT molecular complexity index is 133. The van der Waals surface area contributed by atoms with Gasteiger partial charge < -0.3 is 15.2 Å². The molecule has 0 spiro atoms. The number of ether oxygens (including phenoxy) is 2. The van der Waals surface area contributed by atoms with Crippen molar-refractivity contribution in [1.29, 1.82) is 0 Å². The maximum atomic E-state index is 5.66. The van der Waals surface area contributed by atoms with Gasteiger partial charge in [-0.1, -0.05) is 0 Å². The van der Waals surface area contributed by atoms with E-state index in [1.807, 2.05) is 0 Å². The fourth-order valence-corrected chi connectivity index (χ4v) is 1.54. The molecule has 0 aliphatic carbocycles. The Morgan fingerprint density at radius 2 is 1.79 bits per heavy atom. The van der Waals surface area contributed by atoms with Crippen LogP contribution in [0.15, 0.2) is 0 Å². The summed E-state index contributed by atoms with van der Waals surface area (Å²) in [6, 6.07) is 0.754.